The summed E-state index contributed by atoms with van der Waals surface area (Å²) in [5.74, 6) is 1.76. The summed E-state index contributed by atoms with van der Waals surface area (Å²) in [6, 6.07) is 0.466. The Morgan fingerprint density at radius 2 is 2.07 bits per heavy atom. The van der Waals surface area contributed by atoms with Gasteiger partial charge in [-0.2, -0.15) is 0 Å². The summed E-state index contributed by atoms with van der Waals surface area (Å²) in [7, 11) is -2.71. The summed E-state index contributed by atoms with van der Waals surface area (Å²) in [5, 5.41) is 3.44. The molecule has 0 aromatic rings. The van der Waals surface area contributed by atoms with E-state index in [0.717, 1.165) is 19.4 Å². The molecule has 1 aliphatic heterocycles. The SMILES string of the molecule is CCNC(CC1CCS(=O)(=O)C1)C(C)C. The third-order valence-electron chi connectivity index (χ3n) is 3.19. The van der Waals surface area contributed by atoms with E-state index in [4.69, 9.17) is 0 Å². The summed E-state index contributed by atoms with van der Waals surface area (Å²) in [4.78, 5) is 0. The van der Waals surface area contributed by atoms with Crippen LogP contribution < -0.4 is 5.32 Å². The van der Waals surface area contributed by atoms with Gasteiger partial charge in [-0.25, -0.2) is 8.42 Å². The van der Waals surface area contributed by atoms with Crippen molar-refractivity contribution in [2.45, 2.75) is 39.7 Å². The highest BCUT2D eigenvalue weighted by atomic mass is 32.2. The van der Waals surface area contributed by atoms with Gasteiger partial charge in [0, 0.05) is 6.04 Å². The van der Waals surface area contributed by atoms with Gasteiger partial charge in [0.2, 0.25) is 0 Å². The average Bonchev–Trinajstić information content (AvgIpc) is 2.44. The molecular weight excluding hydrogens is 210 g/mol. The van der Waals surface area contributed by atoms with Crippen LogP contribution in [0.2, 0.25) is 0 Å². The van der Waals surface area contributed by atoms with E-state index in [-0.39, 0.29) is 0 Å². The molecule has 90 valence electrons. The highest BCUT2D eigenvalue weighted by Crippen LogP contribution is 2.24. The Hall–Kier alpha value is -0.0900. The van der Waals surface area contributed by atoms with Crippen LogP contribution >= 0.6 is 0 Å². The lowest BCUT2D eigenvalue weighted by atomic mass is 9.92. The largest absolute Gasteiger partial charge is 0.314 e. The van der Waals surface area contributed by atoms with Crippen molar-refractivity contribution < 1.29 is 8.42 Å². The van der Waals surface area contributed by atoms with Crippen LogP contribution in [0.3, 0.4) is 0 Å². The summed E-state index contributed by atoms with van der Waals surface area (Å²) in [6.45, 7) is 7.44. The van der Waals surface area contributed by atoms with Crippen molar-refractivity contribution in [2.24, 2.45) is 11.8 Å². The summed E-state index contributed by atoms with van der Waals surface area (Å²) in [6.07, 6.45) is 1.86. The van der Waals surface area contributed by atoms with Gasteiger partial charge in [0.1, 0.15) is 0 Å². The molecule has 1 heterocycles. The zero-order chi connectivity index (χ0) is 11.5. The highest BCUT2D eigenvalue weighted by Gasteiger charge is 2.30. The molecule has 1 fully saturated rings. The Balaban J connectivity index is 2.46. The average molecular weight is 233 g/mol. The first-order valence-electron chi connectivity index (χ1n) is 5.88. The molecule has 0 amide bonds. The van der Waals surface area contributed by atoms with E-state index in [1.54, 1.807) is 0 Å². The third-order valence-corrected chi connectivity index (χ3v) is 5.02. The number of sulfone groups is 1. The van der Waals surface area contributed by atoms with E-state index in [1.165, 1.54) is 0 Å². The Morgan fingerprint density at radius 3 is 2.47 bits per heavy atom. The number of hydrogen-bond acceptors (Lipinski definition) is 3. The third kappa shape index (κ3) is 4.11. The minimum absolute atomic E-state index is 0.376. The molecule has 1 N–H and O–H groups in total. The predicted molar refractivity (Wildman–Crippen MR) is 63.7 cm³/mol. The quantitative estimate of drug-likeness (QED) is 0.781. The van der Waals surface area contributed by atoms with Crippen LogP contribution in [0.4, 0.5) is 0 Å². The van der Waals surface area contributed by atoms with Crippen molar-refractivity contribution in [1.82, 2.24) is 5.32 Å². The molecule has 2 atom stereocenters. The Bertz CT molecular complexity index is 285. The summed E-state index contributed by atoms with van der Waals surface area (Å²) >= 11 is 0. The summed E-state index contributed by atoms with van der Waals surface area (Å²) < 4.78 is 22.7. The van der Waals surface area contributed by atoms with Crippen molar-refractivity contribution >= 4 is 9.84 Å². The van der Waals surface area contributed by atoms with Crippen LogP contribution in [-0.4, -0.2) is 32.5 Å². The fourth-order valence-corrected chi connectivity index (χ4v) is 4.15. The Kier molecular flexibility index (Phi) is 4.59. The maximum Gasteiger partial charge on any atom is 0.150 e. The fraction of sp³-hybridized carbons (Fsp3) is 1.00. The molecule has 0 aliphatic carbocycles. The van der Waals surface area contributed by atoms with Gasteiger partial charge in [0.25, 0.3) is 0 Å². The lowest BCUT2D eigenvalue weighted by Gasteiger charge is -2.24. The van der Waals surface area contributed by atoms with Crippen molar-refractivity contribution in [3.8, 4) is 0 Å². The predicted octanol–water partition coefficient (Wildman–Crippen LogP) is 1.45. The van der Waals surface area contributed by atoms with Crippen LogP contribution in [0.1, 0.15) is 33.6 Å². The van der Waals surface area contributed by atoms with Gasteiger partial charge in [-0.1, -0.05) is 20.8 Å². The fourth-order valence-electron chi connectivity index (χ4n) is 2.27. The zero-order valence-corrected chi connectivity index (χ0v) is 10.8. The lowest BCUT2D eigenvalue weighted by Crippen LogP contribution is -2.35. The first-order valence-corrected chi connectivity index (χ1v) is 7.70. The molecule has 1 saturated heterocycles. The van der Waals surface area contributed by atoms with E-state index in [9.17, 15) is 8.42 Å². The maximum atomic E-state index is 11.3. The molecule has 4 heteroatoms. The maximum absolute atomic E-state index is 11.3. The van der Waals surface area contributed by atoms with Crippen molar-refractivity contribution in [1.29, 1.82) is 0 Å². The molecule has 0 bridgehead atoms. The second-order valence-electron chi connectivity index (χ2n) is 4.91. The molecule has 15 heavy (non-hydrogen) atoms. The van der Waals surface area contributed by atoms with E-state index < -0.39 is 9.84 Å². The first-order chi connectivity index (χ1) is 6.94. The van der Waals surface area contributed by atoms with Gasteiger partial charge < -0.3 is 5.32 Å². The van der Waals surface area contributed by atoms with Gasteiger partial charge >= 0.3 is 0 Å². The zero-order valence-electron chi connectivity index (χ0n) is 9.99. The molecule has 0 spiro atoms. The summed E-state index contributed by atoms with van der Waals surface area (Å²) in [5.41, 5.74) is 0. The number of nitrogens with one attached hydrogen (secondary N) is 1. The smallest absolute Gasteiger partial charge is 0.150 e. The standard InChI is InChI=1S/C11H23NO2S/c1-4-12-11(9(2)3)7-10-5-6-15(13,14)8-10/h9-12H,4-8H2,1-3H3. The molecular formula is C11H23NO2S. The van der Waals surface area contributed by atoms with Gasteiger partial charge in [0.15, 0.2) is 9.84 Å². The van der Waals surface area contributed by atoms with Crippen molar-refractivity contribution in [2.75, 3.05) is 18.1 Å². The van der Waals surface area contributed by atoms with E-state index in [2.05, 4.69) is 26.1 Å². The molecule has 0 radical (unpaired) electrons. The normalized spacial score (nSPS) is 27.1. The van der Waals surface area contributed by atoms with Crippen LogP contribution in [0.5, 0.6) is 0 Å². The number of rotatable bonds is 5. The van der Waals surface area contributed by atoms with Crippen LogP contribution in [0.25, 0.3) is 0 Å². The molecule has 0 aromatic heterocycles. The molecule has 2 unspecified atom stereocenters. The van der Waals surface area contributed by atoms with E-state index >= 15 is 0 Å². The van der Waals surface area contributed by atoms with Crippen LogP contribution in [0.15, 0.2) is 0 Å². The second kappa shape index (κ2) is 5.30. The van der Waals surface area contributed by atoms with Gasteiger partial charge in [-0.05, 0) is 31.2 Å². The van der Waals surface area contributed by atoms with Crippen molar-refractivity contribution in [3.05, 3.63) is 0 Å². The molecule has 1 rings (SSSR count). The molecule has 0 saturated carbocycles. The second-order valence-corrected chi connectivity index (χ2v) is 7.14. The molecule has 0 aromatic carbocycles. The van der Waals surface area contributed by atoms with E-state index in [1.807, 2.05) is 0 Å². The minimum atomic E-state index is -2.71. The van der Waals surface area contributed by atoms with Gasteiger partial charge in [0.05, 0.1) is 11.5 Å². The molecule has 3 nitrogen and oxygen atoms in total. The lowest BCUT2D eigenvalue weighted by molar-refractivity contribution is 0.336. The van der Waals surface area contributed by atoms with Crippen molar-refractivity contribution in [3.63, 3.8) is 0 Å². The molecule has 1 aliphatic rings. The van der Waals surface area contributed by atoms with Gasteiger partial charge in [-0.3, -0.25) is 0 Å². The monoisotopic (exact) mass is 233 g/mol. The highest BCUT2D eigenvalue weighted by molar-refractivity contribution is 7.91. The van der Waals surface area contributed by atoms with Gasteiger partial charge in [-0.15, -0.1) is 0 Å². The van der Waals surface area contributed by atoms with Crippen LogP contribution in [-0.2, 0) is 9.84 Å². The Morgan fingerprint density at radius 1 is 1.40 bits per heavy atom. The van der Waals surface area contributed by atoms with Crippen LogP contribution in [0, 0.1) is 11.8 Å². The topological polar surface area (TPSA) is 46.2 Å². The number of hydrogen-bond donors (Lipinski definition) is 1. The first kappa shape index (κ1) is 13.0. The minimum Gasteiger partial charge on any atom is -0.314 e. The Labute approximate surface area is 93.6 Å². The van der Waals surface area contributed by atoms with E-state index in [0.29, 0.717) is 29.4 Å².